The molecule has 0 aromatic heterocycles. The molecule has 1 unspecified atom stereocenters. The van der Waals surface area contributed by atoms with E-state index in [4.69, 9.17) is 0 Å². The fourth-order valence-corrected chi connectivity index (χ4v) is 1.29. The summed E-state index contributed by atoms with van der Waals surface area (Å²) in [5.41, 5.74) is 0. The van der Waals surface area contributed by atoms with Crippen molar-refractivity contribution in [3.05, 3.63) is 0 Å². The summed E-state index contributed by atoms with van der Waals surface area (Å²) >= 11 is 0. The van der Waals surface area contributed by atoms with Gasteiger partial charge in [0.2, 0.25) is 0 Å². The third-order valence-electron chi connectivity index (χ3n) is 1.90. The van der Waals surface area contributed by atoms with Crippen LogP contribution in [0.25, 0.3) is 0 Å². The van der Waals surface area contributed by atoms with Gasteiger partial charge in [-0.3, -0.25) is 4.79 Å². The van der Waals surface area contributed by atoms with Crippen LogP contribution in [0.15, 0.2) is 0 Å². The van der Waals surface area contributed by atoms with Crippen molar-refractivity contribution in [2.24, 2.45) is 0 Å². The second-order valence-corrected chi connectivity index (χ2v) is 2.55. The van der Waals surface area contributed by atoms with Crippen LogP contribution in [0.3, 0.4) is 0 Å². The van der Waals surface area contributed by atoms with Crippen molar-refractivity contribution in [3.8, 4) is 0 Å². The predicted molar refractivity (Wildman–Crippen MR) is 43.6 cm³/mol. The fraction of sp³-hybridized carbons (Fsp3) is 0.857. The average Bonchev–Trinajstić information content (AvgIpc) is 1.89. The van der Waals surface area contributed by atoms with Crippen molar-refractivity contribution in [1.82, 2.24) is 5.32 Å². The first kappa shape index (κ1) is 9.92. The highest BCUT2D eigenvalue weighted by Gasteiger charge is 2.19. The second kappa shape index (κ2) is 4.69. The molecule has 1 saturated carbocycles. The van der Waals surface area contributed by atoms with Gasteiger partial charge in [0, 0.05) is 6.42 Å². The predicted octanol–water partition coefficient (Wildman–Crippen LogP) is 1.14. The Labute approximate surface area is 67.8 Å². The Morgan fingerprint density at radius 1 is 1.50 bits per heavy atom. The molecule has 0 aromatic carbocycles. The molecule has 0 bridgehead atoms. The fourth-order valence-electron chi connectivity index (χ4n) is 1.29. The van der Waals surface area contributed by atoms with Crippen molar-refractivity contribution >= 4 is 18.2 Å². The first-order valence-electron chi connectivity index (χ1n) is 3.54. The third-order valence-corrected chi connectivity index (χ3v) is 1.90. The molecule has 0 saturated heterocycles. The summed E-state index contributed by atoms with van der Waals surface area (Å²) in [6.45, 7) is 0. The lowest BCUT2D eigenvalue weighted by Gasteiger charge is -2.18. The highest BCUT2D eigenvalue weighted by molar-refractivity contribution is 5.85. The number of Topliss-reactive ketones (excluding diaryl/α,β-unsaturated/α-hetero) is 1. The van der Waals surface area contributed by atoms with Crippen molar-refractivity contribution in [2.45, 2.75) is 31.7 Å². The Balaban J connectivity index is 0.000000810. The summed E-state index contributed by atoms with van der Waals surface area (Å²) in [7, 11) is 1.86. The largest absolute Gasteiger partial charge is 0.311 e. The Morgan fingerprint density at radius 2 is 2.20 bits per heavy atom. The molecule has 0 heterocycles. The minimum Gasteiger partial charge on any atom is -0.311 e. The Bertz CT molecular complexity index is 116. The number of carbonyl (C=O) groups is 1. The molecule has 60 valence electrons. The monoisotopic (exact) mass is 163 g/mol. The summed E-state index contributed by atoms with van der Waals surface area (Å²) in [5, 5.41) is 3.00. The number of likely N-dealkylation sites (N-methyl/N-ethyl adjacent to an activating group) is 1. The molecule has 10 heavy (non-hydrogen) atoms. The summed E-state index contributed by atoms with van der Waals surface area (Å²) in [6.07, 6.45) is 4.12. The van der Waals surface area contributed by atoms with Crippen molar-refractivity contribution in [2.75, 3.05) is 7.05 Å². The molecule has 2 nitrogen and oxygen atoms in total. The van der Waals surface area contributed by atoms with Crippen LogP contribution in [0.1, 0.15) is 25.7 Å². The maximum Gasteiger partial charge on any atom is 0.149 e. The highest BCUT2D eigenvalue weighted by atomic mass is 35.5. The molecule has 1 aliphatic rings. The summed E-state index contributed by atoms with van der Waals surface area (Å²) in [4.78, 5) is 11.0. The quantitative estimate of drug-likeness (QED) is 0.628. The molecular formula is C7H14ClNO. The van der Waals surface area contributed by atoms with Gasteiger partial charge in [0.25, 0.3) is 0 Å². The van der Waals surface area contributed by atoms with E-state index in [-0.39, 0.29) is 18.4 Å². The molecule has 1 fully saturated rings. The van der Waals surface area contributed by atoms with E-state index in [9.17, 15) is 4.79 Å². The van der Waals surface area contributed by atoms with E-state index in [0.29, 0.717) is 5.78 Å². The minimum absolute atomic E-state index is 0. The molecule has 0 radical (unpaired) electrons. The van der Waals surface area contributed by atoms with Gasteiger partial charge in [-0.05, 0) is 19.9 Å². The number of nitrogens with one attached hydrogen (secondary N) is 1. The lowest BCUT2D eigenvalue weighted by Crippen LogP contribution is -2.36. The topological polar surface area (TPSA) is 29.1 Å². The molecule has 0 amide bonds. The van der Waals surface area contributed by atoms with Gasteiger partial charge in [-0.25, -0.2) is 0 Å². The van der Waals surface area contributed by atoms with E-state index in [1.165, 1.54) is 6.42 Å². The van der Waals surface area contributed by atoms with Crippen LogP contribution in [0, 0.1) is 0 Å². The zero-order chi connectivity index (χ0) is 6.69. The number of hydrogen-bond donors (Lipinski definition) is 1. The minimum atomic E-state index is 0. The molecule has 1 N–H and O–H groups in total. The Morgan fingerprint density at radius 3 is 2.60 bits per heavy atom. The molecular weight excluding hydrogens is 150 g/mol. The summed E-state index contributed by atoms with van der Waals surface area (Å²) in [5.74, 6) is 0.392. The van der Waals surface area contributed by atoms with Gasteiger partial charge >= 0.3 is 0 Å². The smallest absolute Gasteiger partial charge is 0.149 e. The molecule has 1 aliphatic carbocycles. The van der Waals surface area contributed by atoms with E-state index >= 15 is 0 Å². The van der Waals surface area contributed by atoms with Gasteiger partial charge in [0.15, 0.2) is 0 Å². The molecule has 3 heteroatoms. The number of hydrogen-bond acceptors (Lipinski definition) is 2. The van der Waals surface area contributed by atoms with Crippen LogP contribution in [-0.4, -0.2) is 18.9 Å². The van der Waals surface area contributed by atoms with E-state index in [1.54, 1.807) is 0 Å². The van der Waals surface area contributed by atoms with Crippen LogP contribution in [0.4, 0.5) is 0 Å². The maximum absolute atomic E-state index is 11.0. The van der Waals surface area contributed by atoms with Gasteiger partial charge in [0.1, 0.15) is 5.78 Å². The number of ketones is 1. The molecule has 0 aromatic rings. The normalized spacial score (nSPS) is 25.7. The lowest BCUT2D eigenvalue weighted by atomic mass is 9.94. The van der Waals surface area contributed by atoms with E-state index in [0.717, 1.165) is 19.3 Å². The van der Waals surface area contributed by atoms with Crippen molar-refractivity contribution in [3.63, 3.8) is 0 Å². The van der Waals surface area contributed by atoms with E-state index < -0.39 is 0 Å². The third kappa shape index (κ3) is 2.27. The summed E-state index contributed by atoms with van der Waals surface area (Å²) in [6, 6.07) is 0.166. The highest BCUT2D eigenvalue weighted by Crippen LogP contribution is 2.13. The summed E-state index contributed by atoms with van der Waals surface area (Å²) < 4.78 is 0. The first-order valence-corrected chi connectivity index (χ1v) is 3.54. The Kier molecular flexibility index (Phi) is 4.65. The van der Waals surface area contributed by atoms with Crippen LogP contribution < -0.4 is 5.32 Å². The van der Waals surface area contributed by atoms with Gasteiger partial charge in [0.05, 0.1) is 6.04 Å². The number of carbonyl (C=O) groups excluding carboxylic acids is 1. The van der Waals surface area contributed by atoms with E-state index in [2.05, 4.69) is 5.32 Å². The van der Waals surface area contributed by atoms with Gasteiger partial charge in [-0.2, -0.15) is 0 Å². The van der Waals surface area contributed by atoms with E-state index in [1.807, 2.05) is 7.05 Å². The second-order valence-electron chi connectivity index (χ2n) is 2.55. The van der Waals surface area contributed by atoms with Crippen LogP contribution >= 0.6 is 12.4 Å². The molecule has 0 spiro atoms. The number of halogens is 1. The standard InChI is InChI=1S/C7H13NO.ClH/c1-8-6-4-2-3-5-7(6)9;/h6,8H,2-5H2,1H3;1H. The average molecular weight is 164 g/mol. The Hall–Kier alpha value is -0.0800. The van der Waals surface area contributed by atoms with Crippen LogP contribution in [0.5, 0.6) is 0 Å². The maximum atomic E-state index is 11.0. The van der Waals surface area contributed by atoms with Gasteiger partial charge < -0.3 is 5.32 Å². The molecule has 1 rings (SSSR count). The van der Waals surface area contributed by atoms with Crippen LogP contribution in [0.2, 0.25) is 0 Å². The molecule has 0 aliphatic heterocycles. The van der Waals surface area contributed by atoms with Gasteiger partial charge in [-0.15, -0.1) is 12.4 Å². The molecule has 1 atom stereocenters. The van der Waals surface area contributed by atoms with Crippen LogP contribution in [-0.2, 0) is 4.79 Å². The number of rotatable bonds is 1. The zero-order valence-electron chi connectivity index (χ0n) is 6.22. The van der Waals surface area contributed by atoms with Crippen molar-refractivity contribution in [1.29, 1.82) is 0 Å². The van der Waals surface area contributed by atoms with Gasteiger partial charge in [-0.1, -0.05) is 6.42 Å². The zero-order valence-corrected chi connectivity index (χ0v) is 7.04. The SMILES string of the molecule is CNC1CCCCC1=O.Cl. The lowest BCUT2D eigenvalue weighted by molar-refractivity contribution is -0.122. The first-order chi connectivity index (χ1) is 4.34. The van der Waals surface area contributed by atoms with Crippen molar-refractivity contribution < 1.29 is 4.79 Å².